The van der Waals surface area contributed by atoms with Crippen LogP contribution in [0, 0.1) is 0 Å². The van der Waals surface area contributed by atoms with Crippen LogP contribution in [0.2, 0.25) is 0 Å². The lowest BCUT2D eigenvalue weighted by molar-refractivity contribution is -0.123. The van der Waals surface area contributed by atoms with Crippen molar-refractivity contribution in [3.05, 3.63) is 30.3 Å². The molecule has 0 unspecified atom stereocenters. The number of hydrogen-bond acceptors (Lipinski definition) is 3. The van der Waals surface area contributed by atoms with Gasteiger partial charge in [0.2, 0.25) is 0 Å². The molecule has 0 saturated carbocycles. The fourth-order valence-corrected chi connectivity index (χ4v) is 1.25. The zero-order valence-electron chi connectivity index (χ0n) is 10.3. The van der Waals surface area contributed by atoms with Gasteiger partial charge in [0.05, 0.1) is 0 Å². The van der Waals surface area contributed by atoms with Crippen molar-refractivity contribution in [3.8, 4) is 5.75 Å². The molecule has 4 nitrogen and oxygen atoms in total. The van der Waals surface area contributed by atoms with Gasteiger partial charge in [-0.15, -0.1) is 0 Å². The smallest absolute Gasteiger partial charge is 0.277 e. The molecule has 0 heterocycles. The average molecular weight is 234 g/mol. The van der Waals surface area contributed by atoms with Crippen LogP contribution in [0.3, 0.4) is 0 Å². The first-order valence-corrected chi connectivity index (χ1v) is 5.78. The summed E-state index contributed by atoms with van der Waals surface area (Å²) < 4.78 is 5.29. The van der Waals surface area contributed by atoms with E-state index in [1.54, 1.807) is 12.1 Å². The summed E-state index contributed by atoms with van der Waals surface area (Å²) in [6.07, 6.45) is 1.69. The number of carbonyl (C=O) groups excluding carboxylic acids is 1. The molecule has 92 valence electrons. The third-order valence-corrected chi connectivity index (χ3v) is 2.27. The standard InChI is InChI=1S/C13H18N2O2/c1-3-11(4-2)14-15-13(16)10-17-12-8-6-5-7-9-12/h5-9H,3-4,10H2,1-2H3,(H,15,16). The Morgan fingerprint density at radius 3 is 2.47 bits per heavy atom. The maximum absolute atomic E-state index is 11.4. The Morgan fingerprint density at radius 2 is 1.88 bits per heavy atom. The van der Waals surface area contributed by atoms with Gasteiger partial charge >= 0.3 is 0 Å². The second kappa shape index (κ2) is 7.44. The van der Waals surface area contributed by atoms with Crippen LogP contribution >= 0.6 is 0 Å². The highest BCUT2D eigenvalue weighted by Crippen LogP contribution is 2.07. The van der Waals surface area contributed by atoms with E-state index in [9.17, 15) is 4.79 Å². The number of carbonyl (C=O) groups is 1. The number of hydrogen-bond donors (Lipinski definition) is 1. The van der Waals surface area contributed by atoms with Crippen molar-refractivity contribution in [1.29, 1.82) is 0 Å². The van der Waals surface area contributed by atoms with E-state index in [2.05, 4.69) is 10.5 Å². The van der Waals surface area contributed by atoms with Crippen LogP contribution in [0.15, 0.2) is 35.4 Å². The third kappa shape index (κ3) is 5.15. The number of benzene rings is 1. The zero-order chi connectivity index (χ0) is 12.5. The van der Waals surface area contributed by atoms with Gasteiger partial charge in [0, 0.05) is 5.71 Å². The number of para-hydroxylation sites is 1. The predicted molar refractivity (Wildman–Crippen MR) is 68.1 cm³/mol. The molecule has 1 aromatic rings. The van der Waals surface area contributed by atoms with Gasteiger partial charge < -0.3 is 4.74 Å². The van der Waals surface area contributed by atoms with Crippen LogP contribution in [-0.4, -0.2) is 18.2 Å². The Bertz CT molecular complexity index is 368. The van der Waals surface area contributed by atoms with E-state index in [0.29, 0.717) is 5.75 Å². The predicted octanol–water partition coefficient (Wildman–Crippen LogP) is 2.36. The quantitative estimate of drug-likeness (QED) is 0.606. The monoisotopic (exact) mass is 234 g/mol. The van der Waals surface area contributed by atoms with Gasteiger partial charge in [-0.3, -0.25) is 4.79 Å². The van der Waals surface area contributed by atoms with E-state index in [1.165, 1.54) is 0 Å². The largest absolute Gasteiger partial charge is 0.484 e. The first kappa shape index (κ1) is 13.2. The van der Waals surface area contributed by atoms with Crippen LogP contribution < -0.4 is 10.2 Å². The highest BCUT2D eigenvalue weighted by atomic mass is 16.5. The van der Waals surface area contributed by atoms with Gasteiger partial charge in [-0.05, 0) is 25.0 Å². The molecule has 1 amide bonds. The molecular formula is C13H18N2O2. The fraction of sp³-hybridized carbons (Fsp3) is 0.385. The summed E-state index contributed by atoms with van der Waals surface area (Å²) in [5.41, 5.74) is 3.45. The van der Waals surface area contributed by atoms with Gasteiger partial charge in [-0.1, -0.05) is 32.0 Å². The van der Waals surface area contributed by atoms with Crippen molar-refractivity contribution < 1.29 is 9.53 Å². The van der Waals surface area contributed by atoms with E-state index in [0.717, 1.165) is 18.6 Å². The van der Waals surface area contributed by atoms with Crippen molar-refractivity contribution in [1.82, 2.24) is 5.43 Å². The van der Waals surface area contributed by atoms with Crippen LogP contribution in [0.4, 0.5) is 0 Å². The summed E-state index contributed by atoms with van der Waals surface area (Å²) in [5.74, 6) is 0.436. The molecular weight excluding hydrogens is 216 g/mol. The third-order valence-electron chi connectivity index (χ3n) is 2.27. The van der Waals surface area contributed by atoms with Crippen LogP contribution in [0.1, 0.15) is 26.7 Å². The summed E-state index contributed by atoms with van der Waals surface area (Å²) in [6.45, 7) is 4.00. The molecule has 17 heavy (non-hydrogen) atoms. The van der Waals surface area contributed by atoms with Crippen molar-refractivity contribution in [3.63, 3.8) is 0 Å². The van der Waals surface area contributed by atoms with Crippen molar-refractivity contribution >= 4 is 11.6 Å². The summed E-state index contributed by atoms with van der Waals surface area (Å²) in [5, 5.41) is 4.01. The molecule has 0 aliphatic rings. The minimum absolute atomic E-state index is 0.0196. The lowest BCUT2D eigenvalue weighted by Gasteiger charge is -2.05. The number of rotatable bonds is 6. The second-order valence-electron chi connectivity index (χ2n) is 3.52. The lowest BCUT2D eigenvalue weighted by Crippen LogP contribution is -2.25. The number of hydrazone groups is 1. The van der Waals surface area contributed by atoms with Gasteiger partial charge in [-0.25, -0.2) is 5.43 Å². The van der Waals surface area contributed by atoms with E-state index < -0.39 is 0 Å². The molecule has 0 bridgehead atoms. The molecule has 0 saturated heterocycles. The normalized spacial score (nSPS) is 9.53. The first-order chi connectivity index (χ1) is 8.26. The number of nitrogens with one attached hydrogen (secondary N) is 1. The van der Waals surface area contributed by atoms with Crippen molar-refractivity contribution in [2.24, 2.45) is 5.10 Å². The minimum Gasteiger partial charge on any atom is -0.484 e. The van der Waals surface area contributed by atoms with Crippen LogP contribution in [0.5, 0.6) is 5.75 Å². The Kier molecular flexibility index (Phi) is 5.79. The zero-order valence-corrected chi connectivity index (χ0v) is 10.3. The summed E-state index contributed by atoms with van der Waals surface area (Å²) >= 11 is 0. The van der Waals surface area contributed by atoms with Crippen LogP contribution in [-0.2, 0) is 4.79 Å². The summed E-state index contributed by atoms with van der Waals surface area (Å²) in [4.78, 5) is 11.4. The number of amides is 1. The Labute approximate surface area is 102 Å². The number of nitrogens with zero attached hydrogens (tertiary/aromatic N) is 1. The molecule has 0 aliphatic carbocycles. The highest BCUT2D eigenvalue weighted by molar-refractivity contribution is 5.86. The van der Waals surface area contributed by atoms with E-state index in [4.69, 9.17) is 4.74 Å². The molecule has 0 spiro atoms. The molecule has 1 N–H and O–H groups in total. The van der Waals surface area contributed by atoms with Gasteiger partial charge in [0.1, 0.15) is 5.75 Å². The molecule has 4 heteroatoms. The highest BCUT2D eigenvalue weighted by Gasteiger charge is 2.01. The fourth-order valence-electron chi connectivity index (χ4n) is 1.25. The molecule has 0 radical (unpaired) electrons. The van der Waals surface area contributed by atoms with Gasteiger partial charge in [0.15, 0.2) is 6.61 Å². The molecule has 1 rings (SSSR count). The van der Waals surface area contributed by atoms with Gasteiger partial charge in [-0.2, -0.15) is 5.10 Å². The second-order valence-corrected chi connectivity index (χ2v) is 3.52. The maximum atomic E-state index is 11.4. The average Bonchev–Trinajstić information content (AvgIpc) is 2.39. The molecule has 1 aromatic carbocycles. The molecule has 0 aliphatic heterocycles. The van der Waals surface area contributed by atoms with Crippen molar-refractivity contribution in [2.75, 3.05) is 6.61 Å². The Hall–Kier alpha value is -1.84. The van der Waals surface area contributed by atoms with Crippen molar-refractivity contribution in [2.45, 2.75) is 26.7 Å². The van der Waals surface area contributed by atoms with Crippen LogP contribution in [0.25, 0.3) is 0 Å². The Morgan fingerprint density at radius 1 is 1.24 bits per heavy atom. The minimum atomic E-state index is -0.242. The number of ether oxygens (including phenoxy) is 1. The lowest BCUT2D eigenvalue weighted by atomic mass is 10.2. The molecule has 0 aromatic heterocycles. The maximum Gasteiger partial charge on any atom is 0.277 e. The van der Waals surface area contributed by atoms with E-state index in [-0.39, 0.29) is 12.5 Å². The summed E-state index contributed by atoms with van der Waals surface area (Å²) in [6, 6.07) is 9.22. The molecule has 0 atom stereocenters. The van der Waals surface area contributed by atoms with Gasteiger partial charge in [0.25, 0.3) is 5.91 Å². The van der Waals surface area contributed by atoms with E-state index >= 15 is 0 Å². The van der Waals surface area contributed by atoms with E-state index in [1.807, 2.05) is 32.0 Å². The Balaban J connectivity index is 2.33. The SMILES string of the molecule is CCC(CC)=NNC(=O)COc1ccccc1. The topological polar surface area (TPSA) is 50.7 Å². The summed E-state index contributed by atoms with van der Waals surface area (Å²) in [7, 11) is 0. The first-order valence-electron chi connectivity index (χ1n) is 5.78. The molecule has 0 fully saturated rings.